The Bertz CT molecular complexity index is 1670. The molecule has 3 aromatic heterocycles. The SMILES string of the molecule is Cc1cc2[nH]c(=O)c3cnn(C4CCOCC4)c3c2cc1C(=O)N1CCN(Cc2cnccc2C(F)(F)F)[C@@H](C)C1. The van der Waals surface area contributed by atoms with E-state index >= 15 is 0 Å². The first kappa shape index (κ1) is 27.4. The standard InChI is InChI=1S/C29H31F3N6O3/c1-17-11-25-22(26-23(27(39)35-25)14-34-38(26)20-4-9-41-10-5-20)12-21(17)28(40)37-8-7-36(18(2)15-37)16-19-13-33-6-3-24(19)29(30,31)32/h3,6,11-14,18,20H,4-5,7-10,15-16H2,1-2H3,(H,35,39)/t18-/m0/s1. The smallest absolute Gasteiger partial charge is 0.381 e. The summed E-state index contributed by atoms with van der Waals surface area (Å²) in [7, 11) is 0. The molecule has 1 atom stereocenters. The van der Waals surface area contributed by atoms with Crippen LogP contribution in [-0.4, -0.2) is 74.3 Å². The molecule has 1 N–H and O–H groups in total. The Kier molecular flexibility index (Phi) is 7.06. The number of pyridine rings is 2. The number of halogens is 3. The van der Waals surface area contributed by atoms with Crippen molar-refractivity contribution < 1.29 is 22.7 Å². The number of aromatic nitrogens is 4. The molecule has 2 saturated heterocycles. The number of benzene rings is 1. The minimum atomic E-state index is -4.46. The van der Waals surface area contributed by atoms with Crippen LogP contribution in [0.5, 0.6) is 0 Å². The van der Waals surface area contributed by atoms with Crippen LogP contribution in [0.25, 0.3) is 21.8 Å². The van der Waals surface area contributed by atoms with Gasteiger partial charge in [0.2, 0.25) is 0 Å². The van der Waals surface area contributed by atoms with Crippen LogP contribution in [0.4, 0.5) is 13.2 Å². The zero-order valence-electron chi connectivity index (χ0n) is 22.9. The number of fused-ring (bicyclic) bond motifs is 3. The molecule has 0 bridgehead atoms. The number of aromatic amines is 1. The molecule has 4 aromatic rings. The van der Waals surface area contributed by atoms with Crippen molar-refractivity contribution in [3.63, 3.8) is 0 Å². The molecule has 0 unspecified atom stereocenters. The average molecular weight is 569 g/mol. The molecule has 0 radical (unpaired) electrons. The highest BCUT2D eigenvalue weighted by atomic mass is 19.4. The van der Waals surface area contributed by atoms with E-state index in [1.54, 1.807) is 11.1 Å². The topological polar surface area (TPSA) is 96.3 Å². The maximum absolute atomic E-state index is 13.8. The third-order valence-corrected chi connectivity index (χ3v) is 8.31. The molecule has 0 saturated carbocycles. The molecule has 0 aliphatic carbocycles. The van der Waals surface area contributed by atoms with E-state index in [0.29, 0.717) is 54.8 Å². The lowest BCUT2D eigenvalue weighted by Gasteiger charge is -2.40. The Balaban J connectivity index is 1.28. The van der Waals surface area contributed by atoms with Gasteiger partial charge in [0.25, 0.3) is 11.5 Å². The zero-order valence-corrected chi connectivity index (χ0v) is 22.9. The highest BCUT2D eigenvalue weighted by molar-refractivity contribution is 6.07. The van der Waals surface area contributed by atoms with E-state index < -0.39 is 11.7 Å². The molecule has 0 spiro atoms. The van der Waals surface area contributed by atoms with Crippen molar-refractivity contribution in [3.05, 3.63) is 69.4 Å². The van der Waals surface area contributed by atoms with Gasteiger partial charge in [-0.25, -0.2) is 0 Å². The molecule has 2 aliphatic heterocycles. The van der Waals surface area contributed by atoms with Gasteiger partial charge in [-0.1, -0.05) is 0 Å². The summed E-state index contributed by atoms with van der Waals surface area (Å²) in [6.07, 6.45) is 1.11. The van der Waals surface area contributed by atoms with Crippen molar-refractivity contribution in [1.82, 2.24) is 29.5 Å². The number of ether oxygens (including phenoxy) is 1. The van der Waals surface area contributed by atoms with Crippen molar-refractivity contribution in [2.45, 2.75) is 51.5 Å². The molecule has 2 fully saturated rings. The highest BCUT2D eigenvalue weighted by Gasteiger charge is 2.35. The summed E-state index contributed by atoms with van der Waals surface area (Å²) in [5.74, 6) is -0.148. The molecule has 6 rings (SSSR count). The van der Waals surface area contributed by atoms with Crippen LogP contribution in [-0.2, 0) is 17.5 Å². The maximum Gasteiger partial charge on any atom is 0.416 e. The van der Waals surface area contributed by atoms with Crippen LogP contribution in [0.3, 0.4) is 0 Å². The Morgan fingerprint density at radius 3 is 2.66 bits per heavy atom. The van der Waals surface area contributed by atoms with Crippen LogP contribution in [0, 0.1) is 6.92 Å². The van der Waals surface area contributed by atoms with E-state index in [9.17, 15) is 22.8 Å². The maximum atomic E-state index is 13.8. The lowest BCUT2D eigenvalue weighted by atomic mass is 10.0. The molecule has 9 nitrogen and oxygen atoms in total. The van der Waals surface area contributed by atoms with Gasteiger partial charge in [0.15, 0.2) is 0 Å². The Morgan fingerprint density at radius 2 is 1.93 bits per heavy atom. The van der Waals surface area contributed by atoms with Crippen LogP contribution in [0.15, 0.2) is 41.6 Å². The lowest BCUT2D eigenvalue weighted by molar-refractivity contribution is -0.138. The summed E-state index contributed by atoms with van der Waals surface area (Å²) >= 11 is 0. The van der Waals surface area contributed by atoms with Gasteiger partial charge in [-0.3, -0.25) is 24.2 Å². The van der Waals surface area contributed by atoms with E-state index in [4.69, 9.17) is 4.74 Å². The fraction of sp³-hybridized carbons (Fsp3) is 0.448. The van der Waals surface area contributed by atoms with Crippen molar-refractivity contribution >= 4 is 27.7 Å². The van der Waals surface area contributed by atoms with Crippen molar-refractivity contribution in [3.8, 4) is 0 Å². The zero-order chi connectivity index (χ0) is 28.9. The summed E-state index contributed by atoms with van der Waals surface area (Å²) in [5, 5.41) is 5.78. The van der Waals surface area contributed by atoms with E-state index in [2.05, 4.69) is 15.1 Å². The van der Waals surface area contributed by atoms with Crippen LogP contribution >= 0.6 is 0 Å². The number of H-pyrrole nitrogens is 1. The number of hydrogen-bond donors (Lipinski definition) is 1. The molecule has 41 heavy (non-hydrogen) atoms. The molecular formula is C29H31F3N6O3. The number of carbonyl (C=O) groups is 1. The van der Waals surface area contributed by atoms with Gasteiger partial charge >= 0.3 is 6.18 Å². The van der Waals surface area contributed by atoms with Gasteiger partial charge in [-0.15, -0.1) is 0 Å². The van der Waals surface area contributed by atoms with Gasteiger partial charge in [-0.05, 0) is 56.0 Å². The second kappa shape index (κ2) is 10.6. The number of amides is 1. The molecule has 2 aliphatic rings. The number of hydrogen-bond acceptors (Lipinski definition) is 6. The molecule has 1 amide bonds. The third-order valence-electron chi connectivity index (χ3n) is 8.31. The molecule has 216 valence electrons. The number of nitrogens with one attached hydrogen (secondary N) is 1. The second-order valence-corrected chi connectivity index (χ2v) is 11.0. The summed E-state index contributed by atoms with van der Waals surface area (Å²) in [4.78, 5) is 37.2. The van der Waals surface area contributed by atoms with E-state index in [1.807, 2.05) is 35.6 Å². The monoisotopic (exact) mass is 568 g/mol. The van der Waals surface area contributed by atoms with E-state index in [1.165, 1.54) is 6.20 Å². The fourth-order valence-electron chi connectivity index (χ4n) is 6.06. The normalized spacial score (nSPS) is 19.3. The minimum absolute atomic E-state index is 0.0957. The summed E-state index contributed by atoms with van der Waals surface area (Å²) < 4.78 is 47.9. The van der Waals surface area contributed by atoms with Gasteiger partial charge in [-0.2, -0.15) is 18.3 Å². The first-order chi connectivity index (χ1) is 19.6. The van der Waals surface area contributed by atoms with Gasteiger partial charge in [0.1, 0.15) is 0 Å². The first-order valence-electron chi connectivity index (χ1n) is 13.8. The quantitative estimate of drug-likeness (QED) is 0.395. The Hall–Kier alpha value is -3.77. The summed E-state index contributed by atoms with van der Waals surface area (Å²) in [6.45, 7) is 6.28. The van der Waals surface area contributed by atoms with Crippen molar-refractivity contribution in [2.24, 2.45) is 0 Å². The largest absolute Gasteiger partial charge is 0.416 e. The molecular weight excluding hydrogens is 537 g/mol. The van der Waals surface area contributed by atoms with Gasteiger partial charge < -0.3 is 14.6 Å². The number of piperazine rings is 1. The lowest BCUT2D eigenvalue weighted by Crippen LogP contribution is -2.53. The number of aryl methyl sites for hydroxylation is 1. The van der Waals surface area contributed by atoms with E-state index in [0.717, 1.165) is 36.1 Å². The van der Waals surface area contributed by atoms with Crippen LogP contribution in [0.1, 0.15) is 52.9 Å². The number of carbonyl (C=O) groups excluding carboxylic acids is 1. The Morgan fingerprint density at radius 1 is 1.15 bits per heavy atom. The molecule has 12 heteroatoms. The minimum Gasteiger partial charge on any atom is -0.381 e. The van der Waals surface area contributed by atoms with Crippen LogP contribution < -0.4 is 5.56 Å². The predicted octanol–water partition coefficient (Wildman–Crippen LogP) is 4.30. The predicted molar refractivity (Wildman–Crippen MR) is 147 cm³/mol. The second-order valence-electron chi connectivity index (χ2n) is 11.0. The third kappa shape index (κ3) is 5.10. The van der Waals surface area contributed by atoms with E-state index in [-0.39, 0.29) is 35.7 Å². The van der Waals surface area contributed by atoms with Gasteiger partial charge in [0.05, 0.1) is 34.2 Å². The van der Waals surface area contributed by atoms with Crippen molar-refractivity contribution in [1.29, 1.82) is 0 Å². The molecule has 5 heterocycles. The average Bonchev–Trinajstić information content (AvgIpc) is 3.40. The molecule has 1 aromatic carbocycles. The Labute approximate surface area is 233 Å². The van der Waals surface area contributed by atoms with Crippen molar-refractivity contribution in [2.75, 3.05) is 32.8 Å². The number of alkyl halides is 3. The first-order valence-corrected chi connectivity index (χ1v) is 13.8. The number of rotatable bonds is 4. The van der Waals surface area contributed by atoms with Crippen LogP contribution in [0.2, 0.25) is 0 Å². The fourth-order valence-corrected chi connectivity index (χ4v) is 6.06. The summed E-state index contributed by atoms with van der Waals surface area (Å²) in [5.41, 5.74) is 1.81. The van der Waals surface area contributed by atoms with Gasteiger partial charge in [0, 0.05) is 68.8 Å². The number of nitrogens with zero attached hydrogens (tertiary/aromatic N) is 5. The highest BCUT2D eigenvalue weighted by Crippen LogP contribution is 2.33. The summed E-state index contributed by atoms with van der Waals surface area (Å²) in [6, 6.07) is 4.60.